The molecule has 0 radical (unpaired) electrons. The Morgan fingerprint density at radius 3 is 2.74 bits per heavy atom. The molecule has 0 aliphatic heterocycles. The molecule has 0 bridgehead atoms. The zero-order valence-electron chi connectivity index (χ0n) is 10.7. The van der Waals surface area contributed by atoms with E-state index in [1.54, 1.807) is 25.3 Å². The molecule has 0 aliphatic rings. The minimum atomic E-state index is -1.02. The van der Waals surface area contributed by atoms with E-state index in [9.17, 15) is 9.59 Å². The van der Waals surface area contributed by atoms with Crippen molar-refractivity contribution >= 4 is 5.97 Å². The van der Waals surface area contributed by atoms with Gasteiger partial charge in [-0.1, -0.05) is 6.92 Å². The van der Waals surface area contributed by atoms with Crippen molar-refractivity contribution in [1.29, 1.82) is 0 Å². The summed E-state index contributed by atoms with van der Waals surface area (Å²) in [7, 11) is 0. The second kappa shape index (κ2) is 5.06. The number of hydrogen-bond acceptors (Lipinski definition) is 3. The highest BCUT2D eigenvalue weighted by molar-refractivity contribution is 5.89. The van der Waals surface area contributed by atoms with E-state index < -0.39 is 5.97 Å². The highest BCUT2D eigenvalue weighted by Gasteiger charge is 2.10. The van der Waals surface area contributed by atoms with E-state index in [1.165, 1.54) is 6.20 Å². The van der Waals surface area contributed by atoms with Gasteiger partial charge < -0.3 is 10.1 Å². The van der Waals surface area contributed by atoms with Crippen LogP contribution in [0.15, 0.2) is 29.3 Å². The number of aryl methyl sites for hydroxylation is 2. The van der Waals surface area contributed by atoms with Crippen LogP contribution in [0.2, 0.25) is 0 Å². The molecule has 98 valence electrons. The molecule has 2 aromatic rings. The van der Waals surface area contributed by atoms with Crippen molar-refractivity contribution in [3.8, 4) is 11.1 Å². The highest BCUT2D eigenvalue weighted by Crippen LogP contribution is 2.22. The number of aromatic carboxylic acids is 1. The van der Waals surface area contributed by atoms with Gasteiger partial charge >= 0.3 is 5.97 Å². The van der Waals surface area contributed by atoms with E-state index in [4.69, 9.17) is 5.11 Å². The molecular weight excluding hydrogens is 244 g/mol. The van der Waals surface area contributed by atoms with Crippen LogP contribution in [0.3, 0.4) is 0 Å². The van der Waals surface area contributed by atoms with Crippen LogP contribution < -0.4 is 5.56 Å². The molecule has 2 heterocycles. The van der Waals surface area contributed by atoms with E-state index in [-0.39, 0.29) is 11.1 Å². The van der Waals surface area contributed by atoms with E-state index in [2.05, 4.69) is 9.97 Å². The number of aromatic nitrogens is 2. The largest absolute Gasteiger partial charge is 0.478 e. The molecule has 5 nitrogen and oxygen atoms in total. The molecule has 2 rings (SSSR count). The maximum absolute atomic E-state index is 11.7. The van der Waals surface area contributed by atoms with E-state index in [0.717, 1.165) is 5.56 Å². The summed E-state index contributed by atoms with van der Waals surface area (Å²) in [5.41, 5.74) is 2.87. The van der Waals surface area contributed by atoms with E-state index in [1.807, 2.05) is 6.92 Å². The summed E-state index contributed by atoms with van der Waals surface area (Å²) in [5.74, 6) is -1.02. The van der Waals surface area contributed by atoms with Crippen LogP contribution in [0, 0.1) is 6.92 Å². The quantitative estimate of drug-likeness (QED) is 0.882. The Balaban J connectivity index is 2.61. The number of hydrogen-bond donors (Lipinski definition) is 2. The van der Waals surface area contributed by atoms with Crippen LogP contribution in [-0.4, -0.2) is 21.0 Å². The van der Waals surface area contributed by atoms with Crippen molar-refractivity contribution in [1.82, 2.24) is 9.97 Å². The van der Waals surface area contributed by atoms with Gasteiger partial charge in [-0.15, -0.1) is 0 Å². The number of carbonyl (C=O) groups is 1. The van der Waals surface area contributed by atoms with Crippen molar-refractivity contribution in [2.24, 2.45) is 0 Å². The summed E-state index contributed by atoms with van der Waals surface area (Å²) < 4.78 is 0. The van der Waals surface area contributed by atoms with Crippen molar-refractivity contribution in [3.05, 3.63) is 51.7 Å². The summed E-state index contributed by atoms with van der Waals surface area (Å²) in [5, 5.41) is 8.97. The van der Waals surface area contributed by atoms with Gasteiger partial charge in [-0.2, -0.15) is 0 Å². The fourth-order valence-corrected chi connectivity index (χ4v) is 1.93. The van der Waals surface area contributed by atoms with Gasteiger partial charge in [-0.05, 0) is 25.5 Å². The number of carboxylic acids is 1. The fourth-order valence-electron chi connectivity index (χ4n) is 1.93. The van der Waals surface area contributed by atoms with Gasteiger partial charge in [0.1, 0.15) is 0 Å². The van der Waals surface area contributed by atoms with Crippen LogP contribution in [0.1, 0.15) is 28.5 Å². The molecular formula is C14H14N2O3. The predicted octanol–water partition coefficient (Wildman–Crippen LogP) is 2.01. The molecule has 0 atom stereocenters. The van der Waals surface area contributed by atoms with Crippen LogP contribution in [0.4, 0.5) is 0 Å². The van der Waals surface area contributed by atoms with Gasteiger partial charge in [-0.25, -0.2) is 4.79 Å². The Morgan fingerprint density at radius 2 is 2.11 bits per heavy atom. The van der Waals surface area contributed by atoms with Crippen molar-refractivity contribution in [2.45, 2.75) is 20.3 Å². The first-order valence-corrected chi connectivity index (χ1v) is 5.94. The summed E-state index contributed by atoms with van der Waals surface area (Å²) in [4.78, 5) is 29.3. The summed E-state index contributed by atoms with van der Waals surface area (Å²) in [6.07, 6.45) is 3.51. The number of aromatic amines is 1. The first kappa shape index (κ1) is 13.0. The maximum Gasteiger partial charge on any atom is 0.337 e. The average Bonchev–Trinajstić information content (AvgIpc) is 2.39. The zero-order chi connectivity index (χ0) is 14.0. The lowest BCUT2D eigenvalue weighted by Gasteiger charge is -2.08. The van der Waals surface area contributed by atoms with Gasteiger partial charge in [0.25, 0.3) is 5.56 Å². The maximum atomic E-state index is 11.7. The second-order valence-electron chi connectivity index (χ2n) is 4.28. The standard InChI is InChI=1S/C14H14N2O3/c1-3-9-5-12(8(2)16-13(9)17)10-4-11(14(18)19)7-15-6-10/h4-7H,3H2,1-2H3,(H,16,17)(H,18,19). The van der Waals surface area contributed by atoms with Crippen molar-refractivity contribution < 1.29 is 9.90 Å². The zero-order valence-corrected chi connectivity index (χ0v) is 10.7. The van der Waals surface area contributed by atoms with Crippen molar-refractivity contribution in [2.75, 3.05) is 0 Å². The smallest absolute Gasteiger partial charge is 0.337 e. The fraction of sp³-hybridized carbons (Fsp3) is 0.214. The Bertz CT molecular complexity index is 689. The van der Waals surface area contributed by atoms with Crippen LogP contribution in [0.25, 0.3) is 11.1 Å². The van der Waals surface area contributed by atoms with Crippen LogP contribution >= 0.6 is 0 Å². The molecule has 2 N–H and O–H groups in total. The molecule has 0 spiro atoms. The van der Waals surface area contributed by atoms with Gasteiger partial charge in [0.2, 0.25) is 0 Å². The normalized spacial score (nSPS) is 10.4. The van der Waals surface area contributed by atoms with Crippen LogP contribution in [-0.2, 0) is 6.42 Å². The number of nitrogens with one attached hydrogen (secondary N) is 1. The van der Waals surface area contributed by atoms with Gasteiger partial charge in [0.05, 0.1) is 5.56 Å². The van der Waals surface area contributed by atoms with E-state index >= 15 is 0 Å². The third kappa shape index (κ3) is 2.54. The predicted molar refractivity (Wildman–Crippen MR) is 71.4 cm³/mol. The Kier molecular flexibility index (Phi) is 3.46. The number of nitrogens with zero attached hydrogens (tertiary/aromatic N) is 1. The minimum absolute atomic E-state index is 0.105. The lowest BCUT2D eigenvalue weighted by atomic mass is 10.0. The Hall–Kier alpha value is -2.43. The van der Waals surface area contributed by atoms with Gasteiger partial charge in [-0.3, -0.25) is 9.78 Å². The van der Waals surface area contributed by atoms with Gasteiger partial charge in [0.15, 0.2) is 0 Å². The number of carboxylic acid groups (broad SMARTS) is 1. The Labute approximate surface area is 110 Å². The highest BCUT2D eigenvalue weighted by atomic mass is 16.4. The molecule has 0 saturated heterocycles. The van der Waals surface area contributed by atoms with Crippen molar-refractivity contribution in [3.63, 3.8) is 0 Å². The third-order valence-electron chi connectivity index (χ3n) is 2.99. The minimum Gasteiger partial charge on any atom is -0.478 e. The topological polar surface area (TPSA) is 83.0 Å². The monoisotopic (exact) mass is 258 g/mol. The molecule has 0 amide bonds. The molecule has 2 aromatic heterocycles. The number of rotatable bonds is 3. The van der Waals surface area contributed by atoms with Crippen LogP contribution in [0.5, 0.6) is 0 Å². The lowest BCUT2D eigenvalue weighted by molar-refractivity contribution is 0.0696. The average molecular weight is 258 g/mol. The van der Waals surface area contributed by atoms with Gasteiger partial charge in [0, 0.05) is 34.8 Å². The molecule has 0 saturated carbocycles. The molecule has 5 heteroatoms. The first-order chi connectivity index (χ1) is 9.02. The summed E-state index contributed by atoms with van der Waals surface area (Å²) in [6.45, 7) is 3.68. The summed E-state index contributed by atoms with van der Waals surface area (Å²) >= 11 is 0. The number of H-pyrrole nitrogens is 1. The first-order valence-electron chi connectivity index (χ1n) is 5.94. The third-order valence-corrected chi connectivity index (χ3v) is 2.99. The lowest BCUT2D eigenvalue weighted by Crippen LogP contribution is -2.13. The van der Waals surface area contributed by atoms with E-state index in [0.29, 0.717) is 23.2 Å². The molecule has 0 fully saturated rings. The molecule has 0 aliphatic carbocycles. The molecule has 0 aromatic carbocycles. The molecule has 0 unspecified atom stereocenters. The second-order valence-corrected chi connectivity index (χ2v) is 4.28. The SMILES string of the molecule is CCc1cc(-c2cncc(C(=O)O)c2)c(C)[nH]c1=O. The molecule has 19 heavy (non-hydrogen) atoms. The number of pyridine rings is 2. The Morgan fingerprint density at radius 1 is 1.37 bits per heavy atom. The summed E-state index contributed by atoms with van der Waals surface area (Å²) in [6, 6.07) is 3.34.